The number of hydrogen-bond donors (Lipinski definition) is 1. The maximum Gasteiger partial charge on any atom is 0.145 e. The third-order valence-corrected chi connectivity index (χ3v) is 2.13. The normalized spacial score (nSPS) is 23.8. The number of aliphatic hydroxyl groups excluding tert-OH is 1. The molecule has 1 aliphatic heterocycles. The van der Waals surface area contributed by atoms with Crippen LogP contribution in [0.3, 0.4) is 0 Å². The minimum absolute atomic E-state index is 0.0300. The Labute approximate surface area is 83.5 Å². The van der Waals surface area contributed by atoms with Crippen LogP contribution in [0.1, 0.15) is 12.0 Å². The van der Waals surface area contributed by atoms with Crippen molar-refractivity contribution >= 4 is 0 Å². The lowest BCUT2D eigenvalue weighted by Gasteiger charge is -1.85. The number of benzene rings is 1. The van der Waals surface area contributed by atoms with Gasteiger partial charge in [-0.1, -0.05) is 30.0 Å². The van der Waals surface area contributed by atoms with Gasteiger partial charge in [0, 0.05) is 18.6 Å². The predicted molar refractivity (Wildman–Crippen MR) is 53.7 cm³/mol. The quantitative estimate of drug-likeness (QED) is 0.558. The van der Waals surface area contributed by atoms with Crippen LogP contribution in [0.5, 0.6) is 0 Å². The molecule has 2 rings (SSSR count). The van der Waals surface area contributed by atoms with Crippen LogP contribution in [0, 0.1) is 11.8 Å². The van der Waals surface area contributed by atoms with Crippen LogP contribution in [-0.2, 0) is 4.74 Å². The maximum atomic E-state index is 8.65. The molecular formula is C12H12O2. The van der Waals surface area contributed by atoms with Gasteiger partial charge < -0.3 is 9.84 Å². The number of hydrogen-bond acceptors (Lipinski definition) is 2. The van der Waals surface area contributed by atoms with Crippen molar-refractivity contribution in [2.24, 2.45) is 0 Å². The van der Waals surface area contributed by atoms with E-state index in [1.165, 1.54) is 0 Å². The molecule has 0 bridgehead atoms. The van der Waals surface area contributed by atoms with Gasteiger partial charge in [0.15, 0.2) is 0 Å². The Bertz CT molecular complexity index is 348. The van der Waals surface area contributed by atoms with E-state index in [0.29, 0.717) is 6.42 Å². The lowest BCUT2D eigenvalue weighted by Crippen LogP contribution is -1.94. The van der Waals surface area contributed by atoms with E-state index < -0.39 is 0 Å². The van der Waals surface area contributed by atoms with E-state index >= 15 is 0 Å². The van der Waals surface area contributed by atoms with E-state index in [1.807, 2.05) is 30.3 Å². The number of aliphatic hydroxyl groups is 1. The van der Waals surface area contributed by atoms with Crippen LogP contribution in [0.2, 0.25) is 0 Å². The molecule has 1 fully saturated rings. The zero-order chi connectivity index (χ0) is 9.80. The zero-order valence-electron chi connectivity index (χ0n) is 7.81. The van der Waals surface area contributed by atoms with E-state index in [2.05, 4.69) is 11.8 Å². The summed E-state index contributed by atoms with van der Waals surface area (Å²) in [6, 6.07) is 9.83. The first-order valence-electron chi connectivity index (χ1n) is 4.73. The second kappa shape index (κ2) is 4.28. The van der Waals surface area contributed by atoms with E-state index in [-0.39, 0.29) is 18.8 Å². The van der Waals surface area contributed by atoms with E-state index in [4.69, 9.17) is 9.84 Å². The average molecular weight is 188 g/mol. The van der Waals surface area contributed by atoms with Crippen molar-refractivity contribution in [2.75, 3.05) is 6.61 Å². The van der Waals surface area contributed by atoms with Crippen molar-refractivity contribution in [1.82, 2.24) is 0 Å². The molecule has 1 saturated heterocycles. The highest BCUT2D eigenvalue weighted by atomic mass is 16.6. The van der Waals surface area contributed by atoms with Crippen molar-refractivity contribution < 1.29 is 9.84 Å². The fraction of sp³-hybridized carbons (Fsp3) is 0.333. The summed E-state index contributed by atoms with van der Waals surface area (Å²) in [5.74, 6) is 6.06. The molecule has 1 aromatic carbocycles. The second-order valence-electron chi connectivity index (χ2n) is 3.24. The predicted octanol–water partition coefficient (Wildman–Crippen LogP) is 1.19. The summed E-state index contributed by atoms with van der Waals surface area (Å²) in [5, 5.41) is 8.65. The average Bonchev–Trinajstić information content (AvgIpc) is 2.96. The smallest absolute Gasteiger partial charge is 0.145 e. The first-order valence-corrected chi connectivity index (χ1v) is 4.73. The van der Waals surface area contributed by atoms with Gasteiger partial charge in [0.2, 0.25) is 0 Å². The van der Waals surface area contributed by atoms with Gasteiger partial charge in [-0.3, -0.25) is 0 Å². The van der Waals surface area contributed by atoms with Crippen LogP contribution >= 0.6 is 0 Å². The van der Waals surface area contributed by atoms with Crippen molar-refractivity contribution in [3.05, 3.63) is 35.9 Å². The lowest BCUT2D eigenvalue weighted by atomic mass is 10.2. The van der Waals surface area contributed by atoms with Crippen LogP contribution in [0.15, 0.2) is 30.3 Å². The lowest BCUT2D eigenvalue weighted by molar-refractivity contribution is 0.263. The van der Waals surface area contributed by atoms with Gasteiger partial charge in [0.25, 0.3) is 0 Å². The van der Waals surface area contributed by atoms with Gasteiger partial charge in [0.05, 0.1) is 6.10 Å². The summed E-state index contributed by atoms with van der Waals surface area (Å²) in [7, 11) is 0. The maximum absolute atomic E-state index is 8.65. The first kappa shape index (κ1) is 9.26. The zero-order valence-corrected chi connectivity index (χ0v) is 7.81. The third kappa shape index (κ3) is 2.35. The van der Waals surface area contributed by atoms with E-state index in [9.17, 15) is 0 Å². The Morgan fingerprint density at radius 3 is 2.79 bits per heavy atom. The molecule has 0 aliphatic carbocycles. The molecule has 2 nitrogen and oxygen atoms in total. The van der Waals surface area contributed by atoms with Gasteiger partial charge in [-0.2, -0.15) is 0 Å². The summed E-state index contributed by atoms with van der Waals surface area (Å²) >= 11 is 0. The van der Waals surface area contributed by atoms with Gasteiger partial charge in [-0.05, 0) is 12.1 Å². The Morgan fingerprint density at radius 2 is 2.07 bits per heavy atom. The topological polar surface area (TPSA) is 32.8 Å². The molecule has 0 amide bonds. The van der Waals surface area contributed by atoms with Gasteiger partial charge >= 0.3 is 0 Å². The van der Waals surface area contributed by atoms with Gasteiger partial charge in [-0.15, -0.1) is 0 Å². The van der Waals surface area contributed by atoms with Crippen molar-refractivity contribution in [2.45, 2.75) is 18.6 Å². The summed E-state index contributed by atoms with van der Waals surface area (Å²) in [5.41, 5.74) is 1.01. The number of rotatable bonds is 2. The summed E-state index contributed by atoms with van der Waals surface area (Å²) in [6.45, 7) is 0.175. The molecule has 2 atom stereocenters. The summed E-state index contributed by atoms with van der Waals surface area (Å²) < 4.78 is 5.25. The van der Waals surface area contributed by atoms with Crippen molar-refractivity contribution in [3.63, 3.8) is 0 Å². The highest BCUT2D eigenvalue weighted by Gasteiger charge is 2.36. The standard InChI is InChI=1S/C12H12O2/c13-9-8-12-11(14-12)7-6-10-4-2-1-3-5-10/h1-5,11-13H,8-9H2/t11-,12+/m0/s1. The summed E-state index contributed by atoms with van der Waals surface area (Å²) in [4.78, 5) is 0. The van der Waals surface area contributed by atoms with Crippen molar-refractivity contribution in [1.29, 1.82) is 0 Å². The first-order chi connectivity index (χ1) is 6.90. The van der Waals surface area contributed by atoms with Crippen LogP contribution in [0.4, 0.5) is 0 Å². The highest BCUT2D eigenvalue weighted by molar-refractivity contribution is 5.35. The highest BCUT2D eigenvalue weighted by Crippen LogP contribution is 2.23. The molecule has 0 unspecified atom stereocenters. The Morgan fingerprint density at radius 1 is 1.29 bits per heavy atom. The molecule has 1 aliphatic rings. The minimum Gasteiger partial charge on any atom is -0.396 e. The van der Waals surface area contributed by atoms with E-state index in [0.717, 1.165) is 5.56 Å². The van der Waals surface area contributed by atoms with E-state index in [1.54, 1.807) is 0 Å². The second-order valence-corrected chi connectivity index (χ2v) is 3.24. The molecule has 0 saturated carbocycles. The number of ether oxygens (including phenoxy) is 1. The molecular weight excluding hydrogens is 176 g/mol. The Hall–Kier alpha value is -1.30. The van der Waals surface area contributed by atoms with Gasteiger partial charge in [0.1, 0.15) is 6.10 Å². The fourth-order valence-electron chi connectivity index (χ4n) is 1.29. The molecule has 0 aromatic heterocycles. The monoisotopic (exact) mass is 188 g/mol. The van der Waals surface area contributed by atoms with Crippen molar-refractivity contribution in [3.8, 4) is 11.8 Å². The molecule has 72 valence electrons. The largest absolute Gasteiger partial charge is 0.396 e. The molecule has 1 N–H and O–H groups in total. The van der Waals surface area contributed by atoms with Gasteiger partial charge in [-0.25, -0.2) is 0 Å². The van der Waals surface area contributed by atoms with Crippen LogP contribution in [0.25, 0.3) is 0 Å². The summed E-state index contributed by atoms with van der Waals surface area (Å²) in [6.07, 6.45) is 0.868. The Kier molecular flexibility index (Phi) is 2.83. The SMILES string of the molecule is OCC[C@H]1O[C@H]1C#Cc1ccccc1. The molecule has 0 spiro atoms. The molecule has 1 aromatic rings. The molecule has 14 heavy (non-hydrogen) atoms. The number of epoxide rings is 1. The van der Waals surface area contributed by atoms with Crippen LogP contribution in [-0.4, -0.2) is 23.9 Å². The molecule has 1 heterocycles. The van der Waals surface area contributed by atoms with Crippen LogP contribution < -0.4 is 0 Å². The third-order valence-electron chi connectivity index (χ3n) is 2.13. The molecule has 2 heteroatoms. The fourth-order valence-corrected chi connectivity index (χ4v) is 1.29. The minimum atomic E-state index is 0.0300. The Balaban J connectivity index is 1.90. The molecule has 0 radical (unpaired) electrons.